The van der Waals surface area contributed by atoms with Gasteiger partial charge in [-0.3, -0.25) is 0 Å². The van der Waals surface area contributed by atoms with Gasteiger partial charge >= 0.3 is 5.97 Å². The van der Waals surface area contributed by atoms with Gasteiger partial charge in [-0.05, 0) is 31.2 Å². The number of benzene rings is 2. The summed E-state index contributed by atoms with van der Waals surface area (Å²) in [5, 5.41) is 8.91. The average Bonchev–Trinajstić information content (AvgIpc) is 2.94. The van der Waals surface area contributed by atoms with Crippen molar-refractivity contribution in [2.45, 2.75) is 6.92 Å². The molecule has 0 fully saturated rings. The Morgan fingerprint density at radius 1 is 1.00 bits per heavy atom. The first-order valence-electron chi connectivity index (χ1n) is 6.72. The van der Waals surface area contributed by atoms with E-state index in [1.807, 2.05) is 30.3 Å². The van der Waals surface area contributed by atoms with Gasteiger partial charge < -0.3 is 4.74 Å². The number of esters is 1. The van der Waals surface area contributed by atoms with E-state index in [1.165, 1.54) is 4.80 Å². The second-order valence-corrected chi connectivity index (χ2v) is 5.51. The second kappa shape index (κ2) is 6.40. The predicted molar refractivity (Wildman–Crippen MR) is 87.5 cm³/mol. The van der Waals surface area contributed by atoms with Crippen molar-refractivity contribution in [1.29, 1.82) is 0 Å². The zero-order valence-electron chi connectivity index (χ0n) is 12.0. The van der Waals surface area contributed by atoms with Crippen molar-refractivity contribution >= 4 is 29.2 Å². The van der Waals surface area contributed by atoms with Crippen LogP contribution >= 0.6 is 23.2 Å². The number of ether oxygens (including phenoxy) is 1. The maximum Gasteiger partial charge on any atom is 0.366 e. The molecule has 2 aromatic carbocycles. The SMILES string of the molecule is Cc1nn(-c2ccccc2)nc1C(=O)Oc1c(Cl)cccc1Cl. The molecule has 0 N–H and O–H groups in total. The second-order valence-electron chi connectivity index (χ2n) is 4.70. The Labute approximate surface area is 142 Å². The molecule has 7 heteroatoms. The Hall–Kier alpha value is -2.37. The third-order valence-corrected chi connectivity index (χ3v) is 3.67. The van der Waals surface area contributed by atoms with Crippen LogP contribution in [0.4, 0.5) is 0 Å². The van der Waals surface area contributed by atoms with E-state index < -0.39 is 5.97 Å². The molecule has 0 aliphatic carbocycles. The van der Waals surface area contributed by atoms with Crippen molar-refractivity contribution in [2.24, 2.45) is 0 Å². The molecule has 0 spiro atoms. The van der Waals surface area contributed by atoms with E-state index in [0.29, 0.717) is 5.69 Å². The van der Waals surface area contributed by atoms with Crippen LogP contribution in [0.2, 0.25) is 10.0 Å². The van der Waals surface area contributed by atoms with Gasteiger partial charge in [0.2, 0.25) is 0 Å². The van der Waals surface area contributed by atoms with Crippen LogP contribution in [0.3, 0.4) is 0 Å². The van der Waals surface area contributed by atoms with Crippen LogP contribution in [-0.4, -0.2) is 21.0 Å². The molecular formula is C16H11Cl2N3O2. The van der Waals surface area contributed by atoms with Gasteiger partial charge in [0.15, 0.2) is 11.4 Å². The molecule has 23 heavy (non-hydrogen) atoms. The summed E-state index contributed by atoms with van der Waals surface area (Å²) in [6.07, 6.45) is 0. The van der Waals surface area contributed by atoms with Crippen LogP contribution in [0.1, 0.15) is 16.2 Å². The fraction of sp³-hybridized carbons (Fsp3) is 0.0625. The lowest BCUT2D eigenvalue weighted by Gasteiger charge is -2.06. The normalized spacial score (nSPS) is 10.6. The Kier molecular flexibility index (Phi) is 4.32. The fourth-order valence-electron chi connectivity index (χ4n) is 1.97. The summed E-state index contributed by atoms with van der Waals surface area (Å²) in [6, 6.07) is 14.1. The van der Waals surface area contributed by atoms with Crippen molar-refractivity contribution < 1.29 is 9.53 Å². The summed E-state index contributed by atoms with van der Waals surface area (Å²) in [5.74, 6) is -0.561. The van der Waals surface area contributed by atoms with Gasteiger partial charge in [-0.2, -0.15) is 9.90 Å². The van der Waals surface area contributed by atoms with E-state index in [9.17, 15) is 4.79 Å². The van der Waals surface area contributed by atoms with E-state index in [4.69, 9.17) is 27.9 Å². The molecule has 0 aliphatic rings. The number of aryl methyl sites for hydroxylation is 1. The molecule has 0 saturated heterocycles. The molecule has 3 aromatic rings. The Balaban J connectivity index is 1.90. The van der Waals surface area contributed by atoms with Crippen molar-refractivity contribution in [1.82, 2.24) is 15.0 Å². The quantitative estimate of drug-likeness (QED) is 0.528. The third kappa shape index (κ3) is 3.21. The average molecular weight is 348 g/mol. The number of carbonyl (C=O) groups excluding carboxylic acids is 1. The molecule has 116 valence electrons. The standard InChI is InChI=1S/C16H11Cl2N3O2/c1-10-14(20-21(19-10)11-6-3-2-4-7-11)16(22)23-15-12(17)8-5-9-13(15)18/h2-9H,1H3. The molecule has 0 amide bonds. The smallest absolute Gasteiger partial charge is 0.366 e. The van der Waals surface area contributed by atoms with Crippen LogP contribution < -0.4 is 4.74 Å². The van der Waals surface area contributed by atoms with Crippen LogP contribution in [0.5, 0.6) is 5.75 Å². The van der Waals surface area contributed by atoms with E-state index >= 15 is 0 Å². The Morgan fingerprint density at radius 2 is 1.65 bits per heavy atom. The van der Waals surface area contributed by atoms with Gasteiger partial charge in [0.05, 0.1) is 21.4 Å². The van der Waals surface area contributed by atoms with Crippen LogP contribution in [-0.2, 0) is 0 Å². The summed E-state index contributed by atoms with van der Waals surface area (Å²) in [4.78, 5) is 13.7. The van der Waals surface area contributed by atoms with E-state index in [2.05, 4.69) is 10.2 Å². The number of hydrogen-bond donors (Lipinski definition) is 0. The van der Waals surface area contributed by atoms with Gasteiger partial charge in [-0.1, -0.05) is 47.5 Å². The zero-order valence-corrected chi connectivity index (χ0v) is 13.5. The lowest BCUT2D eigenvalue weighted by molar-refractivity contribution is 0.0727. The van der Waals surface area contributed by atoms with Crippen LogP contribution in [0.25, 0.3) is 5.69 Å². The summed E-state index contributed by atoms with van der Waals surface area (Å²) in [6.45, 7) is 1.68. The third-order valence-electron chi connectivity index (χ3n) is 3.08. The summed E-state index contributed by atoms with van der Waals surface area (Å²) < 4.78 is 5.27. The maximum atomic E-state index is 12.3. The minimum atomic E-state index is -0.667. The van der Waals surface area contributed by atoms with Gasteiger partial charge in [-0.25, -0.2) is 4.79 Å². The van der Waals surface area contributed by atoms with Crippen LogP contribution in [0.15, 0.2) is 48.5 Å². The topological polar surface area (TPSA) is 57.0 Å². The van der Waals surface area contributed by atoms with E-state index in [1.54, 1.807) is 25.1 Å². The highest BCUT2D eigenvalue weighted by atomic mass is 35.5. The number of rotatable bonds is 3. The van der Waals surface area contributed by atoms with Crippen molar-refractivity contribution in [3.05, 3.63) is 70.0 Å². The first-order chi connectivity index (χ1) is 11.1. The molecule has 0 radical (unpaired) electrons. The van der Waals surface area contributed by atoms with Gasteiger partial charge in [0, 0.05) is 0 Å². The highest BCUT2D eigenvalue weighted by Gasteiger charge is 2.20. The van der Waals surface area contributed by atoms with Crippen molar-refractivity contribution in [3.63, 3.8) is 0 Å². The lowest BCUT2D eigenvalue weighted by atomic mass is 10.3. The minimum Gasteiger partial charge on any atom is -0.418 e. The summed E-state index contributed by atoms with van der Waals surface area (Å²) in [7, 11) is 0. The minimum absolute atomic E-state index is 0.102. The number of hydrogen-bond acceptors (Lipinski definition) is 4. The Morgan fingerprint density at radius 3 is 2.30 bits per heavy atom. The first-order valence-corrected chi connectivity index (χ1v) is 7.47. The Bertz CT molecular complexity index is 843. The number of aromatic nitrogens is 3. The molecule has 0 atom stereocenters. The summed E-state index contributed by atoms with van der Waals surface area (Å²) >= 11 is 12.0. The molecule has 0 aliphatic heterocycles. The monoisotopic (exact) mass is 347 g/mol. The molecule has 5 nitrogen and oxygen atoms in total. The van der Waals surface area contributed by atoms with Gasteiger partial charge in [0.1, 0.15) is 0 Å². The number of para-hydroxylation sites is 2. The summed E-state index contributed by atoms with van der Waals surface area (Å²) in [5.41, 5.74) is 1.29. The van der Waals surface area contributed by atoms with Gasteiger partial charge in [0.25, 0.3) is 0 Å². The molecule has 1 heterocycles. The predicted octanol–water partition coefficient (Wildman–Crippen LogP) is 4.10. The van der Waals surface area contributed by atoms with Crippen LogP contribution in [0, 0.1) is 6.92 Å². The fourth-order valence-corrected chi connectivity index (χ4v) is 2.44. The molecule has 0 saturated carbocycles. The number of halogens is 2. The van der Waals surface area contributed by atoms with E-state index in [0.717, 1.165) is 5.69 Å². The van der Waals surface area contributed by atoms with Crippen molar-refractivity contribution in [2.75, 3.05) is 0 Å². The van der Waals surface area contributed by atoms with Gasteiger partial charge in [-0.15, -0.1) is 5.10 Å². The molecular weight excluding hydrogens is 337 g/mol. The number of carbonyl (C=O) groups is 1. The largest absolute Gasteiger partial charge is 0.418 e. The highest BCUT2D eigenvalue weighted by molar-refractivity contribution is 6.37. The molecule has 0 unspecified atom stereocenters. The zero-order chi connectivity index (χ0) is 16.4. The highest BCUT2D eigenvalue weighted by Crippen LogP contribution is 2.32. The molecule has 3 rings (SSSR count). The lowest BCUT2D eigenvalue weighted by Crippen LogP contribution is -2.12. The number of nitrogens with zero attached hydrogens (tertiary/aromatic N) is 3. The molecule has 1 aromatic heterocycles. The van der Waals surface area contributed by atoms with E-state index in [-0.39, 0.29) is 21.5 Å². The molecule has 0 bridgehead atoms. The maximum absolute atomic E-state index is 12.3. The first kappa shape index (κ1) is 15.5. The van der Waals surface area contributed by atoms with Crippen molar-refractivity contribution in [3.8, 4) is 11.4 Å².